The summed E-state index contributed by atoms with van der Waals surface area (Å²) in [5.74, 6) is -0.986. The Morgan fingerprint density at radius 1 is 1.12 bits per heavy atom. The fourth-order valence-corrected chi connectivity index (χ4v) is 2.48. The van der Waals surface area contributed by atoms with Crippen molar-refractivity contribution in [2.24, 2.45) is 5.41 Å². The maximum Gasteiger partial charge on any atom is 0.253 e. The Hall–Kier alpha value is -1.29. The highest BCUT2D eigenvalue weighted by atomic mass is 127. The number of imide groups is 1. The summed E-state index contributed by atoms with van der Waals surface area (Å²) in [6, 6.07) is 0. The maximum atomic E-state index is 11.9. The molecular formula is C18H27IN2O5. The molecule has 0 radical (unpaired) electrons. The molecule has 0 atom stereocenters. The predicted octanol–water partition coefficient (Wildman–Crippen LogP) is 1.98. The second-order valence-corrected chi connectivity index (χ2v) is 8.51. The summed E-state index contributed by atoms with van der Waals surface area (Å²) in [4.78, 5) is 47.2. The van der Waals surface area contributed by atoms with Crippen LogP contribution in [0.3, 0.4) is 0 Å². The summed E-state index contributed by atoms with van der Waals surface area (Å²) in [6.45, 7) is 8.63. The van der Waals surface area contributed by atoms with Crippen LogP contribution in [0.5, 0.6) is 0 Å². The number of rotatable bonds is 11. The normalized spacial score (nSPS) is 14.9. The highest BCUT2D eigenvalue weighted by Crippen LogP contribution is 2.26. The van der Waals surface area contributed by atoms with Gasteiger partial charge in [0.25, 0.3) is 11.8 Å². The summed E-state index contributed by atoms with van der Waals surface area (Å²) in [5, 5.41) is 2.77. The molecule has 0 aliphatic carbocycles. The fraction of sp³-hybridized carbons (Fsp3) is 0.667. The number of ether oxygens (including phenoxy) is 1. The quantitative estimate of drug-likeness (QED) is 0.279. The van der Waals surface area contributed by atoms with Gasteiger partial charge in [-0.15, -0.1) is 0 Å². The van der Waals surface area contributed by atoms with Crippen LogP contribution in [-0.2, 0) is 23.9 Å². The van der Waals surface area contributed by atoms with Crippen LogP contribution in [-0.4, -0.2) is 51.7 Å². The molecule has 1 heterocycles. The molecule has 0 fully saturated rings. The second kappa shape index (κ2) is 9.59. The minimum atomic E-state index is -0.428. The van der Waals surface area contributed by atoms with E-state index in [2.05, 4.69) is 5.32 Å². The third-order valence-corrected chi connectivity index (χ3v) is 5.72. The van der Waals surface area contributed by atoms with Crippen molar-refractivity contribution in [1.82, 2.24) is 10.2 Å². The number of hydrogen-bond acceptors (Lipinski definition) is 5. The zero-order valence-electron chi connectivity index (χ0n) is 15.8. The third kappa shape index (κ3) is 7.53. The van der Waals surface area contributed by atoms with E-state index in [0.29, 0.717) is 26.0 Å². The van der Waals surface area contributed by atoms with Gasteiger partial charge in [0.15, 0.2) is 3.79 Å². The van der Waals surface area contributed by atoms with Gasteiger partial charge in [0, 0.05) is 66.3 Å². The van der Waals surface area contributed by atoms with Gasteiger partial charge in [0.2, 0.25) is 5.91 Å². The average Bonchev–Trinajstić information content (AvgIpc) is 2.83. The van der Waals surface area contributed by atoms with Gasteiger partial charge in [-0.2, -0.15) is 0 Å². The first-order chi connectivity index (χ1) is 11.9. The maximum absolute atomic E-state index is 11.9. The van der Waals surface area contributed by atoms with Crippen LogP contribution < -0.4 is 5.32 Å². The van der Waals surface area contributed by atoms with Crippen molar-refractivity contribution in [2.75, 3.05) is 19.7 Å². The molecule has 146 valence electrons. The summed E-state index contributed by atoms with van der Waals surface area (Å²) >= 11 is 1.81. The molecule has 1 aliphatic heterocycles. The number of amides is 3. The van der Waals surface area contributed by atoms with E-state index in [1.807, 2.05) is 50.3 Å². The van der Waals surface area contributed by atoms with Crippen LogP contribution in [0.25, 0.3) is 0 Å². The Morgan fingerprint density at radius 2 is 1.69 bits per heavy atom. The molecule has 0 saturated carbocycles. The van der Waals surface area contributed by atoms with Gasteiger partial charge in [0.05, 0.1) is 5.60 Å². The first-order valence-electron chi connectivity index (χ1n) is 8.59. The smallest absolute Gasteiger partial charge is 0.253 e. The molecule has 1 N–H and O–H groups in total. The van der Waals surface area contributed by atoms with E-state index in [0.717, 1.165) is 4.90 Å². The molecule has 3 amide bonds. The lowest BCUT2D eigenvalue weighted by molar-refractivity contribution is -0.137. The van der Waals surface area contributed by atoms with Gasteiger partial charge in [0.1, 0.15) is 0 Å². The molecule has 0 aromatic carbocycles. The van der Waals surface area contributed by atoms with Crippen molar-refractivity contribution >= 4 is 44.1 Å². The summed E-state index contributed by atoms with van der Waals surface area (Å²) < 4.78 is 5.96. The Labute approximate surface area is 168 Å². The standard InChI is InChI=1S/C18H27IN2O5/c1-17(2,16(19)25)9-12-26-18(3,4)8-10-20-13(22)7-11-21-14(23)5-6-15(21)24/h5-6H,7-12H2,1-4H3,(H,20,22). The van der Waals surface area contributed by atoms with Crippen LogP contribution in [0, 0.1) is 5.41 Å². The van der Waals surface area contributed by atoms with Gasteiger partial charge in [-0.25, -0.2) is 0 Å². The van der Waals surface area contributed by atoms with Gasteiger partial charge < -0.3 is 10.1 Å². The molecule has 0 unspecified atom stereocenters. The molecular weight excluding hydrogens is 451 g/mol. The van der Waals surface area contributed by atoms with E-state index in [1.54, 1.807) is 0 Å². The monoisotopic (exact) mass is 478 g/mol. The van der Waals surface area contributed by atoms with Crippen LogP contribution in [0.4, 0.5) is 0 Å². The summed E-state index contributed by atoms with van der Waals surface area (Å²) in [7, 11) is 0. The molecule has 0 aromatic heterocycles. The van der Waals surface area contributed by atoms with E-state index >= 15 is 0 Å². The number of nitrogens with zero attached hydrogens (tertiary/aromatic N) is 1. The number of nitrogens with one attached hydrogen (secondary N) is 1. The Kier molecular flexibility index (Phi) is 8.39. The number of halogens is 1. The molecule has 1 rings (SSSR count). The Morgan fingerprint density at radius 3 is 2.23 bits per heavy atom. The van der Waals surface area contributed by atoms with Crippen molar-refractivity contribution in [3.05, 3.63) is 12.2 Å². The fourth-order valence-electron chi connectivity index (χ4n) is 2.21. The highest BCUT2D eigenvalue weighted by molar-refractivity contribution is 14.1. The average molecular weight is 478 g/mol. The zero-order valence-corrected chi connectivity index (χ0v) is 17.9. The van der Waals surface area contributed by atoms with E-state index in [9.17, 15) is 19.2 Å². The van der Waals surface area contributed by atoms with E-state index in [1.165, 1.54) is 12.2 Å². The Balaban J connectivity index is 2.24. The molecule has 0 spiro atoms. The third-order valence-electron chi connectivity index (χ3n) is 4.26. The minimum absolute atomic E-state index is 0.0758. The first-order valence-corrected chi connectivity index (χ1v) is 9.67. The van der Waals surface area contributed by atoms with Crippen molar-refractivity contribution in [3.8, 4) is 0 Å². The zero-order chi connectivity index (χ0) is 20.0. The van der Waals surface area contributed by atoms with Gasteiger partial charge in [-0.05, 0) is 26.7 Å². The van der Waals surface area contributed by atoms with Crippen molar-refractivity contribution in [2.45, 2.75) is 52.6 Å². The molecule has 26 heavy (non-hydrogen) atoms. The number of hydrogen-bond donors (Lipinski definition) is 1. The summed E-state index contributed by atoms with van der Waals surface area (Å²) in [6.07, 6.45) is 3.73. The van der Waals surface area contributed by atoms with Crippen molar-refractivity contribution in [1.29, 1.82) is 0 Å². The van der Waals surface area contributed by atoms with Gasteiger partial charge >= 0.3 is 0 Å². The van der Waals surface area contributed by atoms with Gasteiger partial charge in [-0.3, -0.25) is 24.1 Å². The number of carbonyl (C=O) groups is 4. The lowest BCUT2D eigenvalue weighted by Gasteiger charge is -2.28. The molecule has 1 aliphatic rings. The topological polar surface area (TPSA) is 92.8 Å². The molecule has 7 nitrogen and oxygen atoms in total. The minimum Gasteiger partial charge on any atom is -0.375 e. The second-order valence-electron chi connectivity index (χ2n) is 7.53. The van der Waals surface area contributed by atoms with Gasteiger partial charge in [-0.1, -0.05) is 13.8 Å². The molecule has 0 bridgehead atoms. The van der Waals surface area contributed by atoms with Crippen molar-refractivity contribution in [3.63, 3.8) is 0 Å². The molecule has 0 saturated heterocycles. The summed E-state index contributed by atoms with van der Waals surface area (Å²) in [5.41, 5.74) is -0.841. The van der Waals surface area contributed by atoms with Crippen LogP contribution >= 0.6 is 22.6 Å². The highest BCUT2D eigenvalue weighted by Gasteiger charge is 2.27. The Bertz CT molecular complexity index is 580. The lowest BCUT2D eigenvalue weighted by Crippen LogP contribution is -2.37. The van der Waals surface area contributed by atoms with Crippen molar-refractivity contribution < 1.29 is 23.9 Å². The lowest BCUT2D eigenvalue weighted by atomic mass is 9.92. The first kappa shape index (κ1) is 22.8. The van der Waals surface area contributed by atoms with E-state index < -0.39 is 11.0 Å². The molecule has 0 aromatic rings. The van der Waals surface area contributed by atoms with E-state index in [4.69, 9.17) is 4.74 Å². The van der Waals surface area contributed by atoms with Crippen LogP contribution in [0.2, 0.25) is 0 Å². The van der Waals surface area contributed by atoms with E-state index in [-0.39, 0.29) is 34.5 Å². The largest absolute Gasteiger partial charge is 0.375 e. The molecule has 8 heteroatoms. The number of carbonyl (C=O) groups excluding carboxylic acids is 4. The van der Waals surface area contributed by atoms with Crippen LogP contribution in [0.15, 0.2) is 12.2 Å². The SMILES string of the molecule is CC(C)(CCNC(=O)CCN1C(=O)C=CC1=O)OCCC(C)(C)C(=O)I. The van der Waals surface area contributed by atoms with Crippen LogP contribution in [0.1, 0.15) is 47.0 Å². The predicted molar refractivity (Wildman–Crippen MR) is 106 cm³/mol.